The van der Waals surface area contributed by atoms with E-state index in [9.17, 15) is 0 Å². The summed E-state index contributed by atoms with van der Waals surface area (Å²) in [5, 5.41) is 4.20. The fraction of sp³-hybridized carbons (Fsp3) is 0.500. The minimum absolute atomic E-state index is 0.376. The lowest BCUT2D eigenvalue weighted by molar-refractivity contribution is 0.573. The predicted octanol–water partition coefficient (Wildman–Crippen LogP) is 2.35. The van der Waals surface area contributed by atoms with E-state index in [-0.39, 0.29) is 0 Å². The molecule has 0 saturated carbocycles. The Kier molecular flexibility index (Phi) is 3.80. The zero-order valence-electron chi connectivity index (χ0n) is 10.2. The molecule has 1 atom stereocenters. The van der Waals surface area contributed by atoms with Gasteiger partial charge in [0, 0.05) is 18.3 Å². The molecule has 0 radical (unpaired) electrons. The highest BCUT2D eigenvalue weighted by molar-refractivity contribution is 5.12. The molecule has 17 heavy (non-hydrogen) atoms. The van der Waals surface area contributed by atoms with E-state index in [0.29, 0.717) is 11.9 Å². The van der Waals surface area contributed by atoms with Gasteiger partial charge in [-0.1, -0.05) is 26.7 Å². The summed E-state index contributed by atoms with van der Waals surface area (Å²) in [6, 6.07) is 1.79. The Bertz CT molecular complexity index is 451. The van der Waals surface area contributed by atoms with Gasteiger partial charge >= 0.3 is 0 Å². The molecular formula is C12H17N5. The summed E-state index contributed by atoms with van der Waals surface area (Å²) >= 11 is 0. The molecule has 0 fully saturated rings. The molecule has 0 aliphatic heterocycles. The molecule has 2 heterocycles. The fourth-order valence-electron chi connectivity index (χ4n) is 1.78. The summed E-state index contributed by atoms with van der Waals surface area (Å²) in [4.78, 5) is 12.7. The van der Waals surface area contributed by atoms with Crippen molar-refractivity contribution in [2.75, 3.05) is 0 Å². The van der Waals surface area contributed by atoms with Crippen molar-refractivity contribution in [2.45, 2.75) is 39.0 Å². The Morgan fingerprint density at radius 1 is 1.24 bits per heavy atom. The van der Waals surface area contributed by atoms with Crippen LogP contribution >= 0.6 is 0 Å². The van der Waals surface area contributed by atoms with Crippen molar-refractivity contribution in [3.05, 3.63) is 30.6 Å². The van der Waals surface area contributed by atoms with Crippen molar-refractivity contribution >= 4 is 0 Å². The Hall–Kier alpha value is -1.78. The molecule has 0 bridgehead atoms. The van der Waals surface area contributed by atoms with Crippen molar-refractivity contribution < 1.29 is 0 Å². The highest BCUT2D eigenvalue weighted by atomic mass is 15.4. The largest absolute Gasteiger partial charge is 0.252 e. The maximum atomic E-state index is 4.32. The van der Waals surface area contributed by atoms with Crippen molar-refractivity contribution in [2.24, 2.45) is 0 Å². The van der Waals surface area contributed by atoms with Crippen LogP contribution in [0.2, 0.25) is 0 Å². The van der Waals surface area contributed by atoms with E-state index >= 15 is 0 Å². The SMILES string of the molecule is CCCCC(C)c1ncnn1-c1ncccn1. The van der Waals surface area contributed by atoms with Crippen molar-refractivity contribution in [1.82, 2.24) is 24.7 Å². The Balaban J connectivity index is 2.23. The van der Waals surface area contributed by atoms with Crippen LogP contribution in [-0.2, 0) is 0 Å². The monoisotopic (exact) mass is 231 g/mol. The van der Waals surface area contributed by atoms with Crippen LogP contribution in [0.25, 0.3) is 5.95 Å². The molecule has 2 rings (SSSR count). The zero-order chi connectivity index (χ0) is 12.1. The maximum absolute atomic E-state index is 4.32. The summed E-state index contributed by atoms with van der Waals surface area (Å²) < 4.78 is 1.72. The lowest BCUT2D eigenvalue weighted by Gasteiger charge is -2.10. The summed E-state index contributed by atoms with van der Waals surface area (Å²) in [6.45, 7) is 4.36. The van der Waals surface area contributed by atoms with Gasteiger partial charge in [0.05, 0.1) is 0 Å². The van der Waals surface area contributed by atoms with Gasteiger partial charge in [-0.2, -0.15) is 9.78 Å². The molecular weight excluding hydrogens is 214 g/mol. The van der Waals surface area contributed by atoms with Crippen LogP contribution in [0, 0.1) is 0 Å². The van der Waals surface area contributed by atoms with Crippen molar-refractivity contribution in [3.8, 4) is 5.95 Å². The molecule has 90 valence electrons. The van der Waals surface area contributed by atoms with Crippen LogP contribution in [0.5, 0.6) is 0 Å². The minimum atomic E-state index is 0.376. The van der Waals surface area contributed by atoms with E-state index in [0.717, 1.165) is 12.2 Å². The van der Waals surface area contributed by atoms with Gasteiger partial charge in [-0.15, -0.1) is 0 Å². The molecule has 2 aromatic heterocycles. The third kappa shape index (κ3) is 2.67. The fourth-order valence-corrected chi connectivity index (χ4v) is 1.78. The zero-order valence-corrected chi connectivity index (χ0v) is 10.2. The Morgan fingerprint density at radius 2 is 2.00 bits per heavy atom. The van der Waals surface area contributed by atoms with Crippen molar-refractivity contribution in [3.63, 3.8) is 0 Å². The van der Waals surface area contributed by atoms with Crippen molar-refractivity contribution in [1.29, 1.82) is 0 Å². The molecule has 0 spiro atoms. The minimum Gasteiger partial charge on any atom is -0.220 e. The first-order valence-electron chi connectivity index (χ1n) is 6.00. The van der Waals surface area contributed by atoms with E-state index < -0.39 is 0 Å². The molecule has 0 aliphatic carbocycles. The smallest absolute Gasteiger partial charge is 0.220 e. The van der Waals surface area contributed by atoms with Gasteiger partial charge in [-0.05, 0) is 12.5 Å². The van der Waals surface area contributed by atoms with E-state index in [1.807, 2.05) is 0 Å². The molecule has 0 N–H and O–H groups in total. The topological polar surface area (TPSA) is 56.5 Å². The second-order valence-electron chi connectivity index (χ2n) is 4.12. The van der Waals surface area contributed by atoms with Gasteiger partial charge in [0.1, 0.15) is 12.2 Å². The van der Waals surface area contributed by atoms with Crippen LogP contribution in [0.15, 0.2) is 24.8 Å². The molecule has 5 nitrogen and oxygen atoms in total. The Morgan fingerprint density at radius 3 is 2.71 bits per heavy atom. The lowest BCUT2D eigenvalue weighted by Crippen LogP contribution is -2.09. The number of rotatable bonds is 5. The summed E-state index contributed by atoms with van der Waals surface area (Å²) in [5.41, 5.74) is 0. The standard InChI is InChI=1S/C12H17N5/c1-3-4-6-10(2)11-15-9-16-17(11)12-13-7-5-8-14-12/h5,7-10H,3-4,6H2,1-2H3. The summed E-state index contributed by atoms with van der Waals surface area (Å²) in [7, 11) is 0. The lowest BCUT2D eigenvalue weighted by atomic mass is 10.0. The second kappa shape index (κ2) is 5.52. The highest BCUT2D eigenvalue weighted by Crippen LogP contribution is 2.20. The van der Waals surface area contributed by atoms with Gasteiger partial charge < -0.3 is 0 Å². The molecule has 0 saturated heterocycles. The number of aromatic nitrogens is 5. The number of unbranched alkanes of at least 4 members (excludes halogenated alkanes) is 1. The third-order valence-electron chi connectivity index (χ3n) is 2.75. The average Bonchev–Trinajstić information content (AvgIpc) is 2.86. The molecule has 5 heteroatoms. The van der Waals surface area contributed by atoms with E-state index in [2.05, 4.69) is 33.9 Å². The highest BCUT2D eigenvalue weighted by Gasteiger charge is 2.14. The van der Waals surface area contributed by atoms with Gasteiger partial charge in [0.15, 0.2) is 0 Å². The van der Waals surface area contributed by atoms with Gasteiger partial charge in [-0.3, -0.25) is 0 Å². The number of hydrogen-bond donors (Lipinski definition) is 0. The Labute approximate surface area is 101 Å². The quantitative estimate of drug-likeness (QED) is 0.792. The van der Waals surface area contributed by atoms with E-state index in [1.54, 1.807) is 29.5 Å². The van der Waals surface area contributed by atoms with Crippen LogP contribution in [-0.4, -0.2) is 24.7 Å². The van der Waals surface area contributed by atoms with Gasteiger partial charge in [0.2, 0.25) is 0 Å². The van der Waals surface area contributed by atoms with Crippen LogP contribution in [0.1, 0.15) is 44.9 Å². The second-order valence-corrected chi connectivity index (χ2v) is 4.12. The number of nitrogens with zero attached hydrogens (tertiary/aromatic N) is 5. The third-order valence-corrected chi connectivity index (χ3v) is 2.75. The number of hydrogen-bond acceptors (Lipinski definition) is 4. The first-order chi connectivity index (χ1) is 8.33. The summed E-state index contributed by atoms with van der Waals surface area (Å²) in [6.07, 6.45) is 8.50. The molecule has 0 amide bonds. The normalized spacial score (nSPS) is 12.6. The first kappa shape index (κ1) is 11.7. The van der Waals surface area contributed by atoms with E-state index in [1.165, 1.54) is 12.8 Å². The van der Waals surface area contributed by atoms with Crippen LogP contribution < -0.4 is 0 Å². The van der Waals surface area contributed by atoms with Crippen LogP contribution in [0.3, 0.4) is 0 Å². The average molecular weight is 231 g/mol. The maximum Gasteiger partial charge on any atom is 0.252 e. The predicted molar refractivity (Wildman–Crippen MR) is 64.9 cm³/mol. The summed E-state index contributed by atoms with van der Waals surface area (Å²) in [5.74, 6) is 1.90. The molecule has 0 aliphatic rings. The van der Waals surface area contributed by atoms with Crippen LogP contribution in [0.4, 0.5) is 0 Å². The van der Waals surface area contributed by atoms with Gasteiger partial charge in [0.25, 0.3) is 5.95 Å². The van der Waals surface area contributed by atoms with E-state index in [4.69, 9.17) is 0 Å². The molecule has 0 aromatic carbocycles. The first-order valence-corrected chi connectivity index (χ1v) is 6.00. The molecule has 1 unspecified atom stereocenters. The molecule has 2 aromatic rings. The van der Waals surface area contributed by atoms with Gasteiger partial charge in [-0.25, -0.2) is 15.0 Å².